The van der Waals surface area contributed by atoms with Crippen LogP contribution in [0.25, 0.3) is 0 Å². The molecule has 0 saturated carbocycles. The van der Waals surface area contributed by atoms with Crippen molar-refractivity contribution in [2.24, 2.45) is 4.99 Å². The third kappa shape index (κ3) is 1.97. The number of nitrogens with zero attached hydrogens (tertiary/aromatic N) is 2. The molecule has 0 bridgehead atoms. The van der Waals surface area contributed by atoms with E-state index in [-0.39, 0.29) is 5.76 Å². The first-order valence-electron chi connectivity index (χ1n) is 5.53. The number of hydrogen-bond acceptors (Lipinski definition) is 3. The first kappa shape index (κ1) is 10.4. The van der Waals surface area contributed by atoms with Gasteiger partial charge in [0.05, 0.1) is 0 Å². The highest BCUT2D eigenvalue weighted by Gasteiger charge is 2.29. The number of allylic oxidation sites excluding steroid dienone is 2. The van der Waals surface area contributed by atoms with Crippen molar-refractivity contribution in [2.45, 2.75) is 31.7 Å². The minimum Gasteiger partial charge on any atom is -0.508 e. The molecule has 1 atom stereocenters. The lowest BCUT2D eigenvalue weighted by Gasteiger charge is -2.40. The highest BCUT2D eigenvalue weighted by atomic mass is 16.3. The Hall–Kier alpha value is -1.09. The van der Waals surface area contributed by atoms with Crippen molar-refractivity contribution in [1.29, 1.82) is 0 Å². The second kappa shape index (κ2) is 4.19. The van der Waals surface area contributed by atoms with Crippen LogP contribution in [0.1, 0.15) is 25.7 Å². The van der Waals surface area contributed by atoms with Crippen LogP contribution in [0.4, 0.5) is 0 Å². The molecule has 1 heterocycles. The Morgan fingerprint density at radius 2 is 2.20 bits per heavy atom. The highest BCUT2D eigenvalue weighted by molar-refractivity contribution is 5.37. The molecule has 15 heavy (non-hydrogen) atoms. The zero-order valence-corrected chi connectivity index (χ0v) is 9.08. The number of aliphatic hydroxyl groups excluding tert-OH is 1. The van der Waals surface area contributed by atoms with Crippen LogP contribution < -0.4 is 0 Å². The summed E-state index contributed by atoms with van der Waals surface area (Å²) in [7, 11) is 0. The summed E-state index contributed by atoms with van der Waals surface area (Å²) in [5.74, 6) is 0.169. The van der Waals surface area contributed by atoms with E-state index in [4.69, 9.17) is 0 Å². The minimum absolute atomic E-state index is 0.169. The summed E-state index contributed by atoms with van der Waals surface area (Å²) in [5, 5.41) is 9.51. The predicted octanol–water partition coefficient (Wildman–Crippen LogP) is 2.27. The largest absolute Gasteiger partial charge is 0.508 e. The van der Waals surface area contributed by atoms with Crippen LogP contribution in [0, 0.1) is 0 Å². The average Bonchev–Trinajstić information content (AvgIpc) is 2.15. The standard InChI is InChI=1S/C12H18N2O/c1-9(15)11-8-10(14-6-3-7-14)4-5-12(11)13-2/h10,15H,1-8H2. The van der Waals surface area contributed by atoms with Gasteiger partial charge in [0.2, 0.25) is 0 Å². The van der Waals surface area contributed by atoms with Crippen LogP contribution in [-0.4, -0.2) is 35.9 Å². The molecule has 1 aliphatic carbocycles. The van der Waals surface area contributed by atoms with Gasteiger partial charge in [-0.25, -0.2) is 0 Å². The number of aliphatic hydroxyl groups is 1. The average molecular weight is 206 g/mol. The first-order chi connectivity index (χ1) is 7.22. The van der Waals surface area contributed by atoms with E-state index in [1.54, 1.807) is 0 Å². The normalized spacial score (nSPS) is 27.3. The monoisotopic (exact) mass is 206 g/mol. The maximum Gasteiger partial charge on any atom is 0.113 e. The molecule has 0 aromatic carbocycles. The molecule has 2 aliphatic rings. The van der Waals surface area contributed by atoms with Crippen LogP contribution in [0.5, 0.6) is 0 Å². The molecular weight excluding hydrogens is 188 g/mol. The summed E-state index contributed by atoms with van der Waals surface area (Å²) in [6.45, 7) is 9.56. The zero-order chi connectivity index (χ0) is 10.8. The fraction of sp³-hybridized carbons (Fsp3) is 0.583. The highest BCUT2D eigenvalue weighted by Crippen LogP contribution is 2.33. The fourth-order valence-corrected chi connectivity index (χ4v) is 2.39. The van der Waals surface area contributed by atoms with Gasteiger partial charge in [-0.2, -0.15) is 0 Å². The van der Waals surface area contributed by atoms with Gasteiger partial charge < -0.3 is 5.11 Å². The second-order valence-electron chi connectivity index (χ2n) is 4.32. The summed E-state index contributed by atoms with van der Waals surface area (Å²) < 4.78 is 0. The van der Waals surface area contributed by atoms with Gasteiger partial charge in [0.15, 0.2) is 0 Å². The molecule has 1 fully saturated rings. The molecule has 0 aromatic heterocycles. The second-order valence-corrected chi connectivity index (χ2v) is 4.32. The van der Waals surface area contributed by atoms with E-state index in [2.05, 4.69) is 23.2 Å². The van der Waals surface area contributed by atoms with Crippen molar-refractivity contribution in [3.05, 3.63) is 23.6 Å². The summed E-state index contributed by atoms with van der Waals surface area (Å²) in [6.07, 6.45) is 4.23. The maximum absolute atomic E-state index is 9.51. The van der Waals surface area contributed by atoms with E-state index in [0.717, 1.165) is 30.5 Å². The third-order valence-electron chi connectivity index (χ3n) is 3.45. The summed E-state index contributed by atoms with van der Waals surface area (Å²) >= 11 is 0. The Labute approximate surface area is 90.8 Å². The third-order valence-corrected chi connectivity index (χ3v) is 3.45. The number of rotatable bonds is 3. The Balaban J connectivity index is 2.11. The van der Waals surface area contributed by atoms with Crippen molar-refractivity contribution >= 4 is 6.72 Å². The van der Waals surface area contributed by atoms with Gasteiger partial charge in [0, 0.05) is 17.3 Å². The molecule has 1 unspecified atom stereocenters. The van der Waals surface area contributed by atoms with Crippen LogP contribution >= 0.6 is 0 Å². The Morgan fingerprint density at radius 3 is 2.67 bits per heavy atom. The Bertz CT molecular complexity index is 316. The molecule has 1 saturated heterocycles. The van der Waals surface area contributed by atoms with Crippen molar-refractivity contribution in [1.82, 2.24) is 4.90 Å². The minimum atomic E-state index is 0.169. The van der Waals surface area contributed by atoms with Crippen LogP contribution in [0.15, 0.2) is 28.6 Å². The van der Waals surface area contributed by atoms with Crippen molar-refractivity contribution in [2.75, 3.05) is 13.1 Å². The topological polar surface area (TPSA) is 35.8 Å². The quantitative estimate of drug-likeness (QED) is 0.568. The molecule has 0 radical (unpaired) electrons. The van der Waals surface area contributed by atoms with E-state index in [9.17, 15) is 5.11 Å². The summed E-state index contributed by atoms with van der Waals surface area (Å²) in [4.78, 5) is 6.45. The van der Waals surface area contributed by atoms with Crippen molar-refractivity contribution < 1.29 is 5.11 Å². The van der Waals surface area contributed by atoms with Crippen LogP contribution in [0.3, 0.4) is 0 Å². The zero-order valence-electron chi connectivity index (χ0n) is 9.08. The van der Waals surface area contributed by atoms with Gasteiger partial charge in [-0.05, 0) is 45.5 Å². The molecule has 0 amide bonds. The fourth-order valence-electron chi connectivity index (χ4n) is 2.39. The molecule has 0 spiro atoms. The summed E-state index contributed by atoms with van der Waals surface area (Å²) in [5.41, 5.74) is 1.84. The van der Waals surface area contributed by atoms with E-state index in [0.29, 0.717) is 6.04 Å². The van der Waals surface area contributed by atoms with E-state index in [1.165, 1.54) is 19.5 Å². The lowest BCUT2D eigenvalue weighted by Crippen LogP contribution is -2.46. The van der Waals surface area contributed by atoms with Crippen molar-refractivity contribution in [3.8, 4) is 0 Å². The van der Waals surface area contributed by atoms with Crippen LogP contribution in [-0.2, 0) is 0 Å². The van der Waals surface area contributed by atoms with E-state index < -0.39 is 0 Å². The molecule has 2 rings (SSSR count). The predicted molar refractivity (Wildman–Crippen MR) is 62.2 cm³/mol. The molecule has 0 aromatic rings. The maximum atomic E-state index is 9.51. The molecule has 3 heteroatoms. The number of aliphatic imine (C=N–C) groups is 1. The van der Waals surface area contributed by atoms with Crippen molar-refractivity contribution in [3.63, 3.8) is 0 Å². The van der Waals surface area contributed by atoms with Gasteiger partial charge in [-0.3, -0.25) is 9.89 Å². The SMILES string of the molecule is C=NC1=C(C(=C)O)CC(N2CCC2)CC1. The lowest BCUT2D eigenvalue weighted by atomic mass is 9.89. The molecule has 1 N–H and O–H groups in total. The van der Waals surface area contributed by atoms with Gasteiger partial charge >= 0.3 is 0 Å². The smallest absolute Gasteiger partial charge is 0.113 e. The van der Waals surface area contributed by atoms with Gasteiger partial charge in [0.1, 0.15) is 5.76 Å². The lowest BCUT2D eigenvalue weighted by molar-refractivity contribution is 0.106. The first-order valence-corrected chi connectivity index (χ1v) is 5.53. The molecular formula is C12H18N2O. The summed E-state index contributed by atoms with van der Waals surface area (Å²) in [6, 6.07) is 0.572. The molecule has 82 valence electrons. The van der Waals surface area contributed by atoms with Crippen LogP contribution in [0.2, 0.25) is 0 Å². The number of likely N-dealkylation sites (tertiary alicyclic amines) is 1. The van der Waals surface area contributed by atoms with Gasteiger partial charge in [-0.15, -0.1) is 0 Å². The van der Waals surface area contributed by atoms with Gasteiger partial charge in [-0.1, -0.05) is 6.58 Å². The Kier molecular flexibility index (Phi) is 2.91. The van der Waals surface area contributed by atoms with E-state index >= 15 is 0 Å². The van der Waals surface area contributed by atoms with Gasteiger partial charge in [0.25, 0.3) is 0 Å². The Morgan fingerprint density at radius 1 is 1.47 bits per heavy atom. The number of hydrogen-bond donors (Lipinski definition) is 1. The molecule has 1 aliphatic heterocycles. The van der Waals surface area contributed by atoms with E-state index in [1.807, 2.05) is 0 Å². The molecule has 3 nitrogen and oxygen atoms in total.